The lowest BCUT2D eigenvalue weighted by Gasteiger charge is -2.18. The highest BCUT2D eigenvalue weighted by molar-refractivity contribution is 6.28. The molecule has 0 fully saturated rings. The summed E-state index contributed by atoms with van der Waals surface area (Å²) in [6.45, 7) is 0. The van der Waals surface area contributed by atoms with Gasteiger partial charge in [-0.15, -0.1) is 0 Å². The van der Waals surface area contributed by atoms with Crippen LogP contribution in [0.3, 0.4) is 0 Å². The molecule has 0 aliphatic carbocycles. The van der Waals surface area contributed by atoms with Crippen molar-refractivity contribution < 1.29 is 0 Å². The van der Waals surface area contributed by atoms with Crippen molar-refractivity contribution >= 4 is 32.3 Å². The van der Waals surface area contributed by atoms with Gasteiger partial charge >= 0.3 is 0 Å². The summed E-state index contributed by atoms with van der Waals surface area (Å²) in [5.74, 6) is 0. The van der Waals surface area contributed by atoms with Gasteiger partial charge in [0.1, 0.15) is 0 Å². The maximum atomic E-state index is 4.83. The molecule has 2 heteroatoms. The van der Waals surface area contributed by atoms with Crippen molar-refractivity contribution in [2.45, 2.75) is 0 Å². The van der Waals surface area contributed by atoms with E-state index in [9.17, 15) is 0 Å². The van der Waals surface area contributed by atoms with Gasteiger partial charge in [-0.1, -0.05) is 164 Å². The lowest BCUT2D eigenvalue weighted by atomic mass is 9.85. The first kappa shape index (κ1) is 30.0. The number of benzene rings is 8. The first-order valence-corrected chi connectivity index (χ1v) is 17.7. The highest BCUT2D eigenvalue weighted by Gasteiger charge is 2.17. The zero-order valence-corrected chi connectivity index (χ0v) is 28.4. The predicted molar refractivity (Wildman–Crippen MR) is 218 cm³/mol. The smallest absolute Gasteiger partial charge is 0.0702 e. The summed E-state index contributed by atoms with van der Waals surface area (Å²) in [4.78, 5) is 9.66. The summed E-state index contributed by atoms with van der Waals surface area (Å²) in [5.41, 5.74) is 13.5. The summed E-state index contributed by atoms with van der Waals surface area (Å²) < 4.78 is 0. The van der Waals surface area contributed by atoms with E-state index in [1.54, 1.807) is 0 Å². The molecule has 10 rings (SSSR count). The Morgan fingerprint density at radius 2 is 0.692 bits per heavy atom. The van der Waals surface area contributed by atoms with E-state index in [0.29, 0.717) is 0 Å². The molecule has 2 aromatic heterocycles. The third-order valence-electron chi connectivity index (χ3n) is 10.4. The number of nitrogens with zero attached hydrogens (tertiary/aromatic N) is 2. The summed E-state index contributed by atoms with van der Waals surface area (Å²) in [7, 11) is 0. The van der Waals surface area contributed by atoms with Crippen molar-refractivity contribution in [3.05, 3.63) is 194 Å². The number of aromatic nitrogens is 2. The minimum Gasteiger partial charge on any atom is -0.256 e. The molecular formula is C50H32N2. The van der Waals surface area contributed by atoms with Crippen LogP contribution in [0.4, 0.5) is 0 Å². The van der Waals surface area contributed by atoms with Crippen molar-refractivity contribution in [1.82, 2.24) is 9.97 Å². The van der Waals surface area contributed by atoms with Crippen LogP contribution in [0, 0.1) is 0 Å². The fourth-order valence-corrected chi connectivity index (χ4v) is 7.68. The Kier molecular flexibility index (Phi) is 7.18. The van der Waals surface area contributed by atoms with Gasteiger partial charge in [-0.2, -0.15) is 0 Å². The molecule has 0 bridgehead atoms. The molecule has 2 nitrogen and oxygen atoms in total. The molecule has 0 saturated carbocycles. The summed E-state index contributed by atoms with van der Waals surface area (Å²) >= 11 is 0. The zero-order valence-electron chi connectivity index (χ0n) is 28.4. The van der Waals surface area contributed by atoms with E-state index in [1.165, 1.54) is 65.7 Å². The first-order chi connectivity index (χ1) is 25.8. The molecule has 0 atom stereocenters. The van der Waals surface area contributed by atoms with Gasteiger partial charge in [0.15, 0.2) is 0 Å². The maximum Gasteiger partial charge on any atom is 0.0702 e. The van der Waals surface area contributed by atoms with Crippen LogP contribution in [0.25, 0.3) is 99.3 Å². The van der Waals surface area contributed by atoms with Gasteiger partial charge in [0.25, 0.3) is 0 Å². The van der Waals surface area contributed by atoms with Crippen molar-refractivity contribution in [2.24, 2.45) is 0 Å². The van der Waals surface area contributed by atoms with Crippen LogP contribution in [0.2, 0.25) is 0 Å². The van der Waals surface area contributed by atoms with Gasteiger partial charge < -0.3 is 0 Å². The van der Waals surface area contributed by atoms with Gasteiger partial charge in [-0.3, -0.25) is 9.97 Å². The second-order valence-electron chi connectivity index (χ2n) is 13.4. The molecule has 0 saturated heterocycles. The molecule has 52 heavy (non-hydrogen) atoms. The number of hydrogen-bond acceptors (Lipinski definition) is 2. The van der Waals surface area contributed by atoms with Crippen molar-refractivity contribution in [1.29, 1.82) is 0 Å². The van der Waals surface area contributed by atoms with Crippen LogP contribution in [0.5, 0.6) is 0 Å². The van der Waals surface area contributed by atoms with Gasteiger partial charge in [0.2, 0.25) is 0 Å². The van der Waals surface area contributed by atoms with Crippen molar-refractivity contribution in [3.63, 3.8) is 0 Å². The summed E-state index contributed by atoms with van der Waals surface area (Å²) in [6, 6.07) is 65.2. The molecule has 0 aliphatic heterocycles. The molecule has 0 spiro atoms. The van der Waals surface area contributed by atoms with Crippen molar-refractivity contribution in [2.75, 3.05) is 0 Å². The van der Waals surface area contributed by atoms with E-state index in [0.717, 1.165) is 33.6 Å². The molecular weight excluding hydrogens is 629 g/mol. The van der Waals surface area contributed by atoms with Gasteiger partial charge in [0, 0.05) is 34.6 Å². The number of rotatable bonds is 6. The minimum absolute atomic E-state index is 0.964. The molecule has 0 amide bonds. The minimum atomic E-state index is 0.964. The van der Waals surface area contributed by atoms with E-state index in [2.05, 4.69) is 170 Å². The number of hydrogen-bond donors (Lipinski definition) is 0. The van der Waals surface area contributed by atoms with Crippen LogP contribution < -0.4 is 0 Å². The largest absolute Gasteiger partial charge is 0.256 e. The Balaban J connectivity index is 1.05. The van der Waals surface area contributed by atoms with Crippen molar-refractivity contribution in [3.8, 4) is 67.0 Å². The molecule has 8 aromatic carbocycles. The Hall–Kier alpha value is -6.90. The molecule has 10 aromatic rings. The standard InChI is InChI=1S/C50H32N2/c1-3-8-33(9-4-1)41-24-28-47(51-31-41)37-18-14-35(15-19-37)45-30-46(44-27-23-40-13-7-12-39-22-26-43(45)50(44)49(39)40)36-16-20-38(21-17-36)48-29-25-42(32-52-48)34-10-5-2-6-11-34/h1-32H. The van der Waals surface area contributed by atoms with Crippen LogP contribution >= 0.6 is 0 Å². The quantitative estimate of drug-likeness (QED) is 0.166. The summed E-state index contributed by atoms with van der Waals surface area (Å²) in [5, 5.41) is 7.69. The zero-order chi connectivity index (χ0) is 34.4. The third kappa shape index (κ3) is 5.21. The second kappa shape index (κ2) is 12.5. The predicted octanol–water partition coefficient (Wildman–Crippen LogP) is 13.4. The SMILES string of the molecule is c1ccc(-c2ccc(-c3ccc(-c4cc(-c5ccc(-c6ccc(-c7ccccc7)cn6)cc5)c5ccc6cccc7ccc4c5c76)cc3)nc2)cc1. The third-order valence-corrected chi connectivity index (χ3v) is 10.4. The van der Waals surface area contributed by atoms with E-state index >= 15 is 0 Å². The average molecular weight is 661 g/mol. The second-order valence-corrected chi connectivity index (χ2v) is 13.4. The average Bonchev–Trinajstić information content (AvgIpc) is 3.23. The van der Waals surface area contributed by atoms with Crippen LogP contribution in [0.15, 0.2) is 194 Å². The maximum absolute atomic E-state index is 4.83. The monoisotopic (exact) mass is 660 g/mol. The fraction of sp³-hybridized carbons (Fsp3) is 0. The van der Waals surface area contributed by atoms with E-state index in [4.69, 9.17) is 9.97 Å². The lowest BCUT2D eigenvalue weighted by molar-refractivity contribution is 1.32. The highest BCUT2D eigenvalue weighted by Crippen LogP contribution is 2.44. The molecule has 0 N–H and O–H groups in total. The topological polar surface area (TPSA) is 25.8 Å². The first-order valence-electron chi connectivity index (χ1n) is 17.7. The Morgan fingerprint density at radius 3 is 1.12 bits per heavy atom. The highest BCUT2D eigenvalue weighted by atomic mass is 14.7. The van der Waals surface area contributed by atoms with Gasteiger partial charge in [-0.25, -0.2) is 0 Å². The van der Waals surface area contributed by atoms with Crippen LogP contribution in [-0.4, -0.2) is 9.97 Å². The Labute approximate surface area is 302 Å². The fourth-order valence-electron chi connectivity index (χ4n) is 7.68. The normalized spacial score (nSPS) is 11.5. The van der Waals surface area contributed by atoms with Crippen LogP contribution in [-0.2, 0) is 0 Å². The summed E-state index contributed by atoms with van der Waals surface area (Å²) in [6.07, 6.45) is 3.93. The molecule has 0 radical (unpaired) electrons. The van der Waals surface area contributed by atoms with E-state index in [1.807, 2.05) is 24.5 Å². The van der Waals surface area contributed by atoms with E-state index in [-0.39, 0.29) is 0 Å². The van der Waals surface area contributed by atoms with E-state index < -0.39 is 0 Å². The molecule has 242 valence electrons. The molecule has 0 unspecified atom stereocenters. The van der Waals surface area contributed by atoms with Gasteiger partial charge in [-0.05, 0) is 83.9 Å². The lowest BCUT2D eigenvalue weighted by Crippen LogP contribution is -1.92. The Bertz CT molecular complexity index is 2630. The Morgan fingerprint density at radius 1 is 0.269 bits per heavy atom. The van der Waals surface area contributed by atoms with Gasteiger partial charge in [0.05, 0.1) is 11.4 Å². The molecule has 2 heterocycles. The van der Waals surface area contributed by atoms with Crippen LogP contribution in [0.1, 0.15) is 0 Å². The number of pyridine rings is 2. The molecule has 0 aliphatic rings.